The third-order valence-corrected chi connectivity index (χ3v) is 7.13. The Balaban J connectivity index is 1.65. The lowest BCUT2D eigenvalue weighted by molar-refractivity contribution is 0.395. The molecule has 210 valence electrons. The number of benzene rings is 4. The maximum atomic E-state index is 5.88. The van der Waals surface area contributed by atoms with Gasteiger partial charge < -0.3 is 28.4 Å². The Kier molecular flexibility index (Phi) is 9.79. The Morgan fingerprint density at radius 3 is 1.15 bits per heavy atom. The molecule has 0 saturated carbocycles. The number of aryl methyl sites for hydroxylation is 4. The van der Waals surface area contributed by atoms with E-state index in [1.54, 1.807) is 42.7 Å². The molecule has 4 rings (SSSR count). The highest BCUT2D eigenvalue weighted by atomic mass is 16.5. The van der Waals surface area contributed by atoms with Crippen LogP contribution in [0.15, 0.2) is 72.8 Å². The van der Waals surface area contributed by atoms with Crippen molar-refractivity contribution >= 4 is 0 Å². The van der Waals surface area contributed by atoms with E-state index in [-0.39, 0.29) is 0 Å². The van der Waals surface area contributed by atoms with Crippen LogP contribution in [0, 0.1) is 0 Å². The minimum absolute atomic E-state index is 0.742. The van der Waals surface area contributed by atoms with Gasteiger partial charge in [0, 0.05) is 11.1 Å². The molecule has 0 N–H and O–H groups in total. The summed E-state index contributed by atoms with van der Waals surface area (Å²) >= 11 is 0. The quantitative estimate of drug-likeness (QED) is 0.182. The van der Waals surface area contributed by atoms with Gasteiger partial charge in [-0.05, 0) is 96.5 Å². The van der Waals surface area contributed by atoms with Crippen LogP contribution in [-0.4, -0.2) is 42.7 Å². The van der Waals surface area contributed by atoms with Gasteiger partial charge in [-0.2, -0.15) is 0 Å². The van der Waals surface area contributed by atoms with Crippen LogP contribution in [0.3, 0.4) is 0 Å². The Bertz CT molecular complexity index is 1320. The number of hydrogen-bond donors (Lipinski definition) is 0. The van der Waals surface area contributed by atoms with Crippen LogP contribution in [0.5, 0.6) is 34.5 Å². The number of ether oxygens (including phenoxy) is 6. The van der Waals surface area contributed by atoms with Gasteiger partial charge in [-0.3, -0.25) is 0 Å². The monoisotopic (exact) mass is 542 g/mol. The standard InChI is InChI=1S/C34H38O6/c1-35-27-11-7-9-23(17-27)13-15-25-19-33(39-5)29(21-31(25)37-3)30-22-32(38-4)26(20-34(30)40-6)16-14-24-10-8-12-28(18-24)36-2/h7-12,17-22H,13-16H2,1-6H3. The summed E-state index contributed by atoms with van der Waals surface area (Å²) in [6, 6.07) is 24.4. The molecule has 0 heterocycles. The van der Waals surface area contributed by atoms with E-state index >= 15 is 0 Å². The van der Waals surface area contributed by atoms with Gasteiger partial charge in [0.25, 0.3) is 0 Å². The number of hydrogen-bond acceptors (Lipinski definition) is 6. The first-order valence-corrected chi connectivity index (χ1v) is 13.3. The second kappa shape index (κ2) is 13.7. The highest BCUT2D eigenvalue weighted by Crippen LogP contribution is 2.43. The van der Waals surface area contributed by atoms with Crippen LogP contribution >= 0.6 is 0 Å². The largest absolute Gasteiger partial charge is 0.497 e. The van der Waals surface area contributed by atoms with E-state index < -0.39 is 0 Å². The minimum atomic E-state index is 0.742. The zero-order chi connectivity index (χ0) is 28.5. The molecule has 4 aromatic carbocycles. The van der Waals surface area contributed by atoms with E-state index in [1.807, 2.05) is 36.4 Å². The summed E-state index contributed by atoms with van der Waals surface area (Å²) in [5.74, 6) is 4.77. The lowest BCUT2D eigenvalue weighted by Crippen LogP contribution is -2.01. The molecule has 4 aromatic rings. The van der Waals surface area contributed by atoms with E-state index in [0.717, 1.165) is 82.4 Å². The maximum absolute atomic E-state index is 5.88. The fraction of sp³-hybridized carbons (Fsp3) is 0.294. The van der Waals surface area contributed by atoms with Gasteiger partial charge in [-0.15, -0.1) is 0 Å². The molecule has 0 atom stereocenters. The zero-order valence-electron chi connectivity index (χ0n) is 24.2. The average molecular weight is 543 g/mol. The lowest BCUT2D eigenvalue weighted by Gasteiger charge is -2.19. The van der Waals surface area contributed by atoms with Gasteiger partial charge in [-0.25, -0.2) is 0 Å². The summed E-state index contributed by atoms with van der Waals surface area (Å²) in [6.07, 6.45) is 3.26. The molecule has 0 unspecified atom stereocenters. The van der Waals surface area contributed by atoms with E-state index in [2.05, 4.69) is 36.4 Å². The molecule has 0 spiro atoms. The van der Waals surface area contributed by atoms with Gasteiger partial charge in [0.05, 0.1) is 42.7 Å². The lowest BCUT2D eigenvalue weighted by atomic mass is 9.95. The number of methoxy groups -OCH3 is 6. The van der Waals surface area contributed by atoms with Crippen molar-refractivity contribution in [2.45, 2.75) is 25.7 Å². The Hall–Kier alpha value is -4.32. The van der Waals surface area contributed by atoms with Crippen LogP contribution in [0.1, 0.15) is 22.3 Å². The Labute approximate surface area is 237 Å². The van der Waals surface area contributed by atoms with Crippen molar-refractivity contribution in [3.05, 3.63) is 95.1 Å². The molecule has 40 heavy (non-hydrogen) atoms. The molecule has 0 aromatic heterocycles. The summed E-state index contributed by atoms with van der Waals surface area (Å²) in [4.78, 5) is 0. The normalized spacial score (nSPS) is 10.7. The molecule has 0 radical (unpaired) electrons. The Morgan fingerprint density at radius 1 is 0.400 bits per heavy atom. The topological polar surface area (TPSA) is 55.4 Å². The minimum Gasteiger partial charge on any atom is -0.497 e. The predicted molar refractivity (Wildman–Crippen MR) is 159 cm³/mol. The van der Waals surface area contributed by atoms with Crippen molar-refractivity contribution in [1.29, 1.82) is 0 Å². The molecule has 6 nitrogen and oxygen atoms in total. The molecule has 0 aliphatic rings. The molecule has 0 amide bonds. The molecule has 0 fully saturated rings. The third kappa shape index (κ3) is 6.63. The second-order valence-electron chi connectivity index (χ2n) is 9.43. The Morgan fingerprint density at radius 2 is 0.800 bits per heavy atom. The van der Waals surface area contributed by atoms with Gasteiger partial charge >= 0.3 is 0 Å². The smallest absolute Gasteiger partial charge is 0.127 e. The SMILES string of the molecule is COc1cccc(CCc2cc(OC)c(-c3cc(OC)c(CCc4cccc(OC)c4)cc3OC)cc2OC)c1. The first-order valence-electron chi connectivity index (χ1n) is 13.3. The summed E-state index contributed by atoms with van der Waals surface area (Å²) in [7, 11) is 10.1. The van der Waals surface area contributed by atoms with Crippen molar-refractivity contribution < 1.29 is 28.4 Å². The second-order valence-corrected chi connectivity index (χ2v) is 9.43. The first-order chi connectivity index (χ1) is 19.5. The fourth-order valence-corrected chi connectivity index (χ4v) is 4.95. The van der Waals surface area contributed by atoms with Crippen molar-refractivity contribution in [1.82, 2.24) is 0 Å². The van der Waals surface area contributed by atoms with Crippen LogP contribution in [0.25, 0.3) is 11.1 Å². The summed E-state index contributed by atoms with van der Waals surface area (Å²) in [6.45, 7) is 0. The zero-order valence-corrected chi connectivity index (χ0v) is 24.2. The highest BCUT2D eigenvalue weighted by molar-refractivity contribution is 5.79. The van der Waals surface area contributed by atoms with Crippen molar-refractivity contribution in [3.8, 4) is 45.6 Å². The fourth-order valence-electron chi connectivity index (χ4n) is 4.95. The summed E-state index contributed by atoms with van der Waals surface area (Å²) in [5, 5.41) is 0. The predicted octanol–water partition coefficient (Wildman–Crippen LogP) is 6.98. The van der Waals surface area contributed by atoms with Crippen molar-refractivity contribution in [3.63, 3.8) is 0 Å². The average Bonchev–Trinajstić information content (AvgIpc) is 3.01. The van der Waals surface area contributed by atoms with E-state index in [4.69, 9.17) is 28.4 Å². The number of rotatable bonds is 13. The van der Waals surface area contributed by atoms with Gasteiger partial charge in [0.2, 0.25) is 0 Å². The van der Waals surface area contributed by atoms with Crippen molar-refractivity contribution in [2.75, 3.05) is 42.7 Å². The first kappa shape index (κ1) is 28.7. The van der Waals surface area contributed by atoms with Gasteiger partial charge in [-0.1, -0.05) is 24.3 Å². The van der Waals surface area contributed by atoms with Gasteiger partial charge in [0.15, 0.2) is 0 Å². The van der Waals surface area contributed by atoms with E-state index in [0.29, 0.717) is 0 Å². The van der Waals surface area contributed by atoms with Crippen LogP contribution in [-0.2, 0) is 25.7 Å². The maximum Gasteiger partial charge on any atom is 0.127 e. The molecular formula is C34H38O6. The molecule has 0 aliphatic heterocycles. The molecule has 0 aliphatic carbocycles. The summed E-state index contributed by atoms with van der Waals surface area (Å²) in [5.41, 5.74) is 6.26. The highest BCUT2D eigenvalue weighted by Gasteiger charge is 2.19. The van der Waals surface area contributed by atoms with E-state index in [1.165, 1.54) is 11.1 Å². The molecule has 0 saturated heterocycles. The van der Waals surface area contributed by atoms with E-state index in [9.17, 15) is 0 Å². The molecule has 0 bridgehead atoms. The molecule has 6 heteroatoms. The molecular weight excluding hydrogens is 504 g/mol. The van der Waals surface area contributed by atoms with Crippen LogP contribution in [0.2, 0.25) is 0 Å². The van der Waals surface area contributed by atoms with Gasteiger partial charge in [0.1, 0.15) is 34.5 Å². The summed E-state index contributed by atoms with van der Waals surface area (Å²) < 4.78 is 34.2. The van der Waals surface area contributed by atoms with Crippen LogP contribution in [0.4, 0.5) is 0 Å². The third-order valence-electron chi connectivity index (χ3n) is 7.13. The van der Waals surface area contributed by atoms with Crippen molar-refractivity contribution in [2.24, 2.45) is 0 Å². The van der Waals surface area contributed by atoms with Crippen LogP contribution < -0.4 is 28.4 Å².